The fraction of sp³-hybridized carbons (Fsp3) is 0.125. The normalized spacial score (nSPS) is 10.7. The van der Waals surface area contributed by atoms with Crippen molar-refractivity contribution < 1.29 is 14.7 Å². The molecule has 0 aliphatic rings. The lowest BCUT2D eigenvalue weighted by molar-refractivity contribution is -0.131. The predicted molar refractivity (Wildman–Crippen MR) is 83.3 cm³/mol. The molecule has 21 heavy (non-hydrogen) atoms. The Bertz CT molecular complexity index is 688. The minimum atomic E-state index is -1.03. The first-order chi connectivity index (χ1) is 10.1. The van der Waals surface area contributed by atoms with Gasteiger partial charge < -0.3 is 10.4 Å². The van der Waals surface area contributed by atoms with Crippen molar-refractivity contribution in [1.82, 2.24) is 5.32 Å². The van der Waals surface area contributed by atoms with E-state index in [1.807, 2.05) is 31.2 Å². The zero-order valence-electron chi connectivity index (χ0n) is 11.5. The van der Waals surface area contributed by atoms with Crippen LogP contribution < -0.4 is 5.32 Å². The number of carbonyl (C=O) groups is 2. The number of amides is 1. The van der Waals surface area contributed by atoms with E-state index in [1.54, 1.807) is 11.4 Å². The average molecular weight is 301 g/mol. The van der Waals surface area contributed by atoms with Crippen molar-refractivity contribution in [3.8, 4) is 0 Å². The fourth-order valence-electron chi connectivity index (χ4n) is 1.88. The van der Waals surface area contributed by atoms with E-state index in [9.17, 15) is 9.59 Å². The number of rotatable bonds is 5. The molecule has 5 heteroatoms. The van der Waals surface area contributed by atoms with E-state index in [4.69, 9.17) is 5.11 Å². The maximum atomic E-state index is 12.1. The number of hydrogen-bond acceptors (Lipinski definition) is 3. The summed E-state index contributed by atoms with van der Waals surface area (Å²) >= 11 is 1.29. The van der Waals surface area contributed by atoms with E-state index >= 15 is 0 Å². The Morgan fingerprint density at radius 1 is 1.33 bits per heavy atom. The number of thiophene rings is 1. The van der Waals surface area contributed by atoms with Crippen molar-refractivity contribution in [1.29, 1.82) is 0 Å². The summed E-state index contributed by atoms with van der Waals surface area (Å²) < 4.78 is 0. The van der Waals surface area contributed by atoms with E-state index in [1.165, 1.54) is 17.4 Å². The van der Waals surface area contributed by atoms with Crippen LogP contribution in [0.3, 0.4) is 0 Å². The van der Waals surface area contributed by atoms with Gasteiger partial charge in [-0.3, -0.25) is 4.79 Å². The second-order valence-electron chi connectivity index (χ2n) is 4.55. The van der Waals surface area contributed by atoms with Gasteiger partial charge in [-0.15, -0.1) is 11.3 Å². The molecule has 108 valence electrons. The third-order valence-corrected chi connectivity index (χ3v) is 3.77. The molecule has 0 spiro atoms. The number of benzene rings is 1. The van der Waals surface area contributed by atoms with Crippen molar-refractivity contribution in [3.05, 3.63) is 63.4 Å². The van der Waals surface area contributed by atoms with Crippen molar-refractivity contribution in [2.75, 3.05) is 0 Å². The Labute approximate surface area is 126 Å². The van der Waals surface area contributed by atoms with Crippen molar-refractivity contribution >= 4 is 29.3 Å². The smallest absolute Gasteiger partial charge is 0.328 e. The minimum Gasteiger partial charge on any atom is -0.478 e. The third kappa shape index (κ3) is 4.29. The average Bonchev–Trinajstić information content (AvgIpc) is 2.91. The number of carboxylic acids is 1. The highest BCUT2D eigenvalue weighted by atomic mass is 32.1. The summed E-state index contributed by atoms with van der Waals surface area (Å²) in [6, 6.07) is 9.64. The van der Waals surface area contributed by atoms with Gasteiger partial charge in [-0.2, -0.15) is 0 Å². The highest BCUT2D eigenvalue weighted by molar-refractivity contribution is 7.12. The molecule has 1 amide bonds. The zero-order chi connectivity index (χ0) is 15.2. The molecule has 1 heterocycles. The molecule has 0 radical (unpaired) electrons. The summed E-state index contributed by atoms with van der Waals surface area (Å²) in [5, 5.41) is 13.2. The van der Waals surface area contributed by atoms with Crippen LogP contribution in [0.15, 0.2) is 41.8 Å². The summed E-state index contributed by atoms with van der Waals surface area (Å²) in [4.78, 5) is 23.2. The monoisotopic (exact) mass is 301 g/mol. The van der Waals surface area contributed by atoms with E-state index in [0.717, 1.165) is 17.2 Å². The van der Waals surface area contributed by atoms with Gasteiger partial charge in [0.1, 0.15) is 0 Å². The van der Waals surface area contributed by atoms with Gasteiger partial charge in [0, 0.05) is 12.6 Å². The van der Waals surface area contributed by atoms with Crippen molar-refractivity contribution in [2.45, 2.75) is 13.5 Å². The molecule has 0 atom stereocenters. The van der Waals surface area contributed by atoms with E-state index < -0.39 is 5.97 Å². The van der Waals surface area contributed by atoms with Gasteiger partial charge >= 0.3 is 5.97 Å². The molecule has 0 unspecified atom stereocenters. The van der Waals surface area contributed by atoms with Crippen LogP contribution in [0.25, 0.3) is 6.08 Å². The molecule has 4 nitrogen and oxygen atoms in total. The quantitative estimate of drug-likeness (QED) is 0.834. The molecule has 2 rings (SSSR count). The Morgan fingerprint density at radius 3 is 2.86 bits per heavy atom. The Balaban J connectivity index is 2.04. The third-order valence-electron chi connectivity index (χ3n) is 2.84. The zero-order valence-corrected chi connectivity index (χ0v) is 12.3. The molecular weight excluding hydrogens is 286 g/mol. The summed E-state index contributed by atoms with van der Waals surface area (Å²) in [7, 11) is 0. The lowest BCUT2D eigenvalue weighted by Crippen LogP contribution is -2.22. The summed E-state index contributed by atoms with van der Waals surface area (Å²) in [6.07, 6.45) is 2.46. The Morgan fingerprint density at radius 2 is 2.14 bits per heavy atom. The fourth-order valence-corrected chi connectivity index (χ4v) is 2.68. The minimum absolute atomic E-state index is 0.198. The van der Waals surface area contributed by atoms with Gasteiger partial charge in [-0.1, -0.05) is 29.8 Å². The standard InChI is InChI=1S/C16H15NO3S/c1-11-3-2-4-12(9-11)10-17-16(20)15-13(7-8-21-15)5-6-14(18)19/h2-9H,10H2,1H3,(H,17,20)(H,18,19). The predicted octanol–water partition coefficient (Wildman–Crippen LogP) is 3.08. The number of carbonyl (C=O) groups excluding carboxylic acids is 1. The SMILES string of the molecule is Cc1cccc(CNC(=O)c2sccc2C=CC(=O)O)c1. The topological polar surface area (TPSA) is 66.4 Å². The van der Waals surface area contributed by atoms with Gasteiger partial charge in [0.2, 0.25) is 0 Å². The van der Waals surface area contributed by atoms with Crippen LogP contribution in [-0.2, 0) is 11.3 Å². The first-order valence-electron chi connectivity index (χ1n) is 6.38. The lowest BCUT2D eigenvalue weighted by atomic mass is 10.1. The van der Waals surface area contributed by atoms with Crippen LogP contribution in [-0.4, -0.2) is 17.0 Å². The van der Waals surface area contributed by atoms with Gasteiger partial charge in [-0.05, 0) is 35.6 Å². The molecule has 0 saturated heterocycles. The van der Waals surface area contributed by atoms with Crippen molar-refractivity contribution in [3.63, 3.8) is 0 Å². The van der Waals surface area contributed by atoms with Crippen LogP contribution >= 0.6 is 11.3 Å². The van der Waals surface area contributed by atoms with E-state index in [-0.39, 0.29) is 5.91 Å². The highest BCUT2D eigenvalue weighted by Gasteiger charge is 2.11. The maximum Gasteiger partial charge on any atom is 0.328 e. The van der Waals surface area contributed by atoms with E-state index in [2.05, 4.69) is 5.32 Å². The van der Waals surface area contributed by atoms with Gasteiger partial charge in [0.05, 0.1) is 4.88 Å². The lowest BCUT2D eigenvalue weighted by Gasteiger charge is -2.05. The number of nitrogens with one attached hydrogen (secondary N) is 1. The number of hydrogen-bond donors (Lipinski definition) is 2. The van der Waals surface area contributed by atoms with Gasteiger partial charge in [0.25, 0.3) is 5.91 Å². The second kappa shape index (κ2) is 6.85. The number of aryl methyl sites for hydroxylation is 1. The van der Waals surface area contributed by atoms with Gasteiger partial charge in [0.15, 0.2) is 0 Å². The van der Waals surface area contributed by atoms with E-state index in [0.29, 0.717) is 17.0 Å². The van der Waals surface area contributed by atoms with Crippen LogP contribution in [0, 0.1) is 6.92 Å². The Kier molecular flexibility index (Phi) is 4.90. The molecule has 0 saturated carbocycles. The highest BCUT2D eigenvalue weighted by Crippen LogP contribution is 2.18. The molecule has 1 aromatic carbocycles. The molecule has 2 N–H and O–H groups in total. The molecule has 0 bridgehead atoms. The van der Waals surface area contributed by atoms with Crippen LogP contribution in [0.4, 0.5) is 0 Å². The van der Waals surface area contributed by atoms with Crippen LogP contribution in [0.2, 0.25) is 0 Å². The molecule has 0 aliphatic heterocycles. The first-order valence-corrected chi connectivity index (χ1v) is 7.26. The summed E-state index contributed by atoms with van der Waals surface area (Å²) in [6.45, 7) is 2.44. The summed E-state index contributed by atoms with van der Waals surface area (Å²) in [5.41, 5.74) is 2.79. The molecule has 2 aromatic rings. The van der Waals surface area contributed by atoms with Crippen LogP contribution in [0.1, 0.15) is 26.4 Å². The van der Waals surface area contributed by atoms with Crippen LogP contribution in [0.5, 0.6) is 0 Å². The second-order valence-corrected chi connectivity index (χ2v) is 5.46. The molecule has 0 fully saturated rings. The van der Waals surface area contributed by atoms with Gasteiger partial charge in [-0.25, -0.2) is 4.79 Å². The summed E-state index contributed by atoms with van der Waals surface area (Å²) in [5.74, 6) is -1.23. The molecule has 0 aliphatic carbocycles. The Hall–Kier alpha value is -2.40. The number of aliphatic carboxylic acids is 1. The van der Waals surface area contributed by atoms with Crippen molar-refractivity contribution in [2.24, 2.45) is 0 Å². The largest absolute Gasteiger partial charge is 0.478 e. The number of carboxylic acid groups (broad SMARTS) is 1. The molecule has 1 aromatic heterocycles. The first kappa shape index (κ1) is 15.0. The maximum absolute atomic E-state index is 12.1. The molecular formula is C16H15NO3S.